The second kappa shape index (κ2) is 4.11. The van der Waals surface area contributed by atoms with Gasteiger partial charge in [-0.1, -0.05) is 24.3 Å². The summed E-state index contributed by atoms with van der Waals surface area (Å²) in [5.41, 5.74) is 2.63. The van der Waals surface area contributed by atoms with E-state index in [-0.39, 0.29) is 5.91 Å². The van der Waals surface area contributed by atoms with Crippen molar-refractivity contribution in [2.75, 3.05) is 5.32 Å². The number of nitrogens with one attached hydrogen (secondary N) is 1. The van der Waals surface area contributed by atoms with Gasteiger partial charge in [-0.05, 0) is 24.3 Å². The summed E-state index contributed by atoms with van der Waals surface area (Å²) in [6.45, 7) is 1.50. The fraction of sp³-hybridized carbons (Fsp3) is 0.0667. The lowest BCUT2D eigenvalue weighted by Crippen LogP contribution is -2.05. The van der Waals surface area contributed by atoms with Crippen LogP contribution in [-0.4, -0.2) is 10.9 Å². The standard InChI is InChI=1S/C15H12N2O/c1-10(18)16-13-7-6-12-8-11-4-2-3-5-14(11)17-15(12)9-13/h2-9H,1H3,(H,16,18). The molecule has 3 nitrogen and oxygen atoms in total. The molecule has 1 aromatic heterocycles. The van der Waals surface area contributed by atoms with Gasteiger partial charge in [0.05, 0.1) is 11.0 Å². The third kappa shape index (κ3) is 1.91. The second-order valence-corrected chi connectivity index (χ2v) is 4.27. The first-order chi connectivity index (χ1) is 8.72. The Hall–Kier alpha value is -2.42. The first-order valence-electron chi connectivity index (χ1n) is 5.79. The number of pyridine rings is 1. The normalized spacial score (nSPS) is 10.7. The number of hydrogen-bond acceptors (Lipinski definition) is 2. The highest BCUT2D eigenvalue weighted by Gasteiger charge is 2.01. The number of aromatic nitrogens is 1. The molecule has 2 aromatic carbocycles. The summed E-state index contributed by atoms with van der Waals surface area (Å²) >= 11 is 0. The zero-order chi connectivity index (χ0) is 12.5. The monoisotopic (exact) mass is 236 g/mol. The van der Waals surface area contributed by atoms with Crippen molar-refractivity contribution in [3.8, 4) is 0 Å². The van der Waals surface area contributed by atoms with Crippen LogP contribution < -0.4 is 5.32 Å². The van der Waals surface area contributed by atoms with Gasteiger partial charge in [-0.25, -0.2) is 4.98 Å². The van der Waals surface area contributed by atoms with Crippen molar-refractivity contribution in [1.82, 2.24) is 4.98 Å². The van der Waals surface area contributed by atoms with Crippen LogP contribution in [0.2, 0.25) is 0 Å². The van der Waals surface area contributed by atoms with Crippen LogP contribution in [0.1, 0.15) is 6.92 Å². The van der Waals surface area contributed by atoms with Crippen LogP contribution in [0.25, 0.3) is 21.8 Å². The predicted octanol–water partition coefficient (Wildman–Crippen LogP) is 3.35. The van der Waals surface area contributed by atoms with Gasteiger partial charge in [-0.2, -0.15) is 0 Å². The fourth-order valence-electron chi connectivity index (χ4n) is 2.05. The quantitative estimate of drug-likeness (QED) is 0.658. The lowest BCUT2D eigenvalue weighted by atomic mass is 10.1. The largest absolute Gasteiger partial charge is 0.326 e. The maximum absolute atomic E-state index is 11.0. The van der Waals surface area contributed by atoms with Gasteiger partial charge < -0.3 is 5.32 Å². The molecule has 18 heavy (non-hydrogen) atoms. The summed E-state index contributed by atoms with van der Waals surface area (Å²) in [6.07, 6.45) is 0. The van der Waals surface area contributed by atoms with Gasteiger partial charge in [0.15, 0.2) is 0 Å². The van der Waals surface area contributed by atoms with Crippen molar-refractivity contribution in [2.24, 2.45) is 0 Å². The number of anilines is 1. The third-order valence-corrected chi connectivity index (χ3v) is 2.84. The Balaban J connectivity index is 2.20. The van der Waals surface area contributed by atoms with E-state index in [0.717, 1.165) is 27.5 Å². The van der Waals surface area contributed by atoms with Crippen molar-refractivity contribution < 1.29 is 4.79 Å². The molecular formula is C15H12N2O. The first kappa shape index (κ1) is 10.7. The molecule has 88 valence electrons. The van der Waals surface area contributed by atoms with Crippen molar-refractivity contribution in [2.45, 2.75) is 6.92 Å². The minimum atomic E-state index is -0.0739. The third-order valence-electron chi connectivity index (χ3n) is 2.84. The van der Waals surface area contributed by atoms with Gasteiger partial charge >= 0.3 is 0 Å². The van der Waals surface area contributed by atoms with Crippen LogP contribution in [0.15, 0.2) is 48.5 Å². The summed E-state index contributed by atoms with van der Waals surface area (Å²) < 4.78 is 0. The number of hydrogen-bond donors (Lipinski definition) is 1. The average Bonchev–Trinajstić information content (AvgIpc) is 2.35. The van der Waals surface area contributed by atoms with Gasteiger partial charge in [0.1, 0.15) is 0 Å². The molecule has 0 aliphatic carbocycles. The smallest absolute Gasteiger partial charge is 0.221 e. The number of carbonyl (C=O) groups is 1. The number of nitrogens with zero attached hydrogens (tertiary/aromatic N) is 1. The average molecular weight is 236 g/mol. The van der Waals surface area contributed by atoms with Gasteiger partial charge in [-0.15, -0.1) is 0 Å². The highest BCUT2D eigenvalue weighted by molar-refractivity contribution is 5.96. The number of amides is 1. The molecule has 0 aliphatic rings. The number of rotatable bonds is 1. The maximum atomic E-state index is 11.0. The van der Waals surface area contributed by atoms with Crippen LogP contribution in [0.3, 0.4) is 0 Å². The van der Waals surface area contributed by atoms with E-state index in [1.807, 2.05) is 42.5 Å². The van der Waals surface area contributed by atoms with Crippen molar-refractivity contribution in [3.63, 3.8) is 0 Å². The van der Waals surface area contributed by atoms with Gasteiger partial charge in [0.2, 0.25) is 5.91 Å². The zero-order valence-corrected chi connectivity index (χ0v) is 9.97. The predicted molar refractivity (Wildman–Crippen MR) is 73.6 cm³/mol. The van der Waals surface area contributed by atoms with Crippen LogP contribution in [0.4, 0.5) is 5.69 Å². The van der Waals surface area contributed by atoms with Gasteiger partial charge in [0, 0.05) is 23.4 Å². The highest BCUT2D eigenvalue weighted by Crippen LogP contribution is 2.22. The van der Waals surface area contributed by atoms with Crippen molar-refractivity contribution in [1.29, 1.82) is 0 Å². The van der Waals surface area contributed by atoms with E-state index in [1.165, 1.54) is 6.92 Å². The Labute approximate surface area is 104 Å². The number of carbonyl (C=O) groups excluding carboxylic acids is 1. The molecular weight excluding hydrogens is 224 g/mol. The summed E-state index contributed by atoms with van der Waals surface area (Å²) in [5, 5.41) is 4.96. The molecule has 0 bridgehead atoms. The van der Waals surface area contributed by atoms with Crippen LogP contribution >= 0.6 is 0 Å². The van der Waals surface area contributed by atoms with E-state index in [0.29, 0.717) is 0 Å². The van der Waals surface area contributed by atoms with E-state index in [2.05, 4.69) is 16.4 Å². The van der Waals surface area contributed by atoms with Crippen molar-refractivity contribution in [3.05, 3.63) is 48.5 Å². The summed E-state index contributed by atoms with van der Waals surface area (Å²) in [6, 6.07) is 15.9. The molecule has 3 rings (SSSR count). The molecule has 1 amide bonds. The molecule has 0 spiro atoms. The minimum Gasteiger partial charge on any atom is -0.326 e. The van der Waals surface area contributed by atoms with Gasteiger partial charge in [0.25, 0.3) is 0 Å². The molecule has 0 atom stereocenters. The summed E-state index contributed by atoms with van der Waals surface area (Å²) in [5.74, 6) is -0.0739. The number of benzene rings is 2. The Morgan fingerprint density at radius 2 is 1.78 bits per heavy atom. The molecule has 1 heterocycles. The van der Waals surface area contributed by atoms with E-state index < -0.39 is 0 Å². The van der Waals surface area contributed by atoms with Crippen molar-refractivity contribution >= 4 is 33.4 Å². The molecule has 0 saturated heterocycles. The van der Waals surface area contributed by atoms with E-state index in [1.54, 1.807) is 0 Å². The molecule has 0 radical (unpaired) electrons. The lowest BCUT2D eigenvalue weighted by Gasteiger charge is -2.05. The first-order valence-corrected chi connectivity index (χ1v) is 5.79. The Kier molecular flexibility index (Phi) is 2.45. The molecule has 0 unspecified atom stereocenters. The van der Waals surface area contributed by atoms with Crippen LogP contribution in [-0.2, 0) is 4.79 Å². The van der Waals surface area contributed by atoms with E-state index in [4.69, 9.17) is 0 Å². The van der Waals surface area contributed by atoms with Crippen LogP contribution in [0.5, 0.6) is 0 Å². The zero-order valence-electron chi connectivity index (χ0n) is 9.97. The second-order valence-electron chi connectivity index (χ2n) is 4.27. The Bertz CT molecular complexity index is 750. The van der Waals surface area contributed by atoms with E-state index >= 15 is 0 Å². The number of fused-ring (bicyclic) bond motifs is 2. The molecule has 3 heteroatoms. The van der Waals surface area contributed by atoms with Gasteiger partial charge in [-0.3, -0.25) is 4.79 Å². The lowest BCUT2D eigenvalue weighted by molar-refractivity contribution is -0.114. The maximum Gasteiger partial charge on any atom is 0.221 e. The van der Waals surface area contributed by atoms with E-state index in [9.17, 15) is 4.79 Å². The molecule has 0 fully saturated rings. The summed E-state index contributed by atoms with van der Waals surface area (Å²) in [7, 11) is 0. The molecule has 1 N–H and O–H groups in total. The molecule has 0 saturated carbocycles. The number of para-hydroxylation sites is 1. The van der Waals surface area contributed by atoms with Crippen LogP contribution in [0, 0.1) is 0 Å². The molecule has 0 aliphatic heterocycles. The molecule has 3 aromatic rings. The topological polar surface area (TPSA) is 42.0 Å². The highest BCUT2D eigenvalue weighted by atomic mass is 16.1. The fourth-order valence-corrected chi connectivity index (χ4v) is 2.05. The SMILES string of the molecule is CC(=O)Nc1ccc2cc3ccccc3nc2c1. The summed E-state index contributed by atoms with van der Waals surface area (Å²) in [4.78, 5) is 15.6. The Morgan fingerprint density at radius 1 is 1.00 bits per heavy atom. The minimum absolute atomic E-state index is 0.0739. The Morgan fingerprint density at radius 3 is 2.61 bits per heavy atom.